The van der Waals surface area contributed by atoms with E-state index in [0.717, 1.165) is 52.2 Å². The number of nitrogens with zero attached hydrogens (tertiary/aromatic N) is 2. The maximum Gasteiger partial charge on any atom is 0.226 e. The van der Waals surface area contributed by atoms with Gasteiger partial charge in [0.1, 0.15) is 0 Å². The summed E-state index contributed by atoms with van der Waals surface area (Å²) in [5.41, 5.74) is 0.371. The van der Waals surface area contributed by atoms with Crippen LogP contribution < -0.4 is 5.32 Å². The van der Waals surface area contributed by atoms with Crippen LogP contribution in [0.15, 0.2) is 17.5 Å². The summed E-state index contributed by atoms with van der Waals surface area (Å²) in [5, 5.41) is 5.56. The Morgan fingerprint density at radius 2 is 2.05 bits per heavy atom. The molecule has 4 rings (SSSR count). The Morgan fingerprint density at radius 1 is 1.27 bits per heavy atom. The lowest BCUT2D eigenvalue weighted by molar-refractivity contribution is -0.135. The van der Waals surface area contributed by atoms with Gasteiger partial charge in [0.05, 0.1) is 0 Å². The van der Waals surface area contributed by atoms with Crippen molar-refractivity contribution in [3.63, 3.8) is 0 Å². The van der Waals surface area contributed by atoms with Gasteiger partial charge in [-0.05, 0) is 49.2 Å². The number of amides is 1. The van der Waals surface area contributed by atoms with Crippen molar-refractivity contribution in [3.05, 3.63) is 22.4 Å². The summed E-state index contributed by atoms with van der Waals surface area (Å²) in [6, 6.07) is 4.32. The van der Waals surface area contributed by atoms with E-state index in [9.17, 15) is 4.79 Å². The minimum atomic E-state index is 0.332. The van der Waals surface area contributed by atoms with Crippen LogP contribution in [0.1, 0.15) is 24.1 Å². The number of rotatable bonds is 3. The average Bonchev–Trinajstić information content (AvgIpc) is 2.99. The van der Waals surface area contributed by atoms with Crippen LogP contribution in [0.25, 0.3) is 0 Å². The quantitative estimate of drug-likeness (QED) is 0.922. The van der Waals surface area contributed by atoms with Crippen LogP contribution in [0.4, 0.5) is 0 Å². The summed E-state index contributed by atoms with van der Waals surface area (Å²) in [6.07, 6.45) is 3.53. The van der Waals surface area contributed by atoms with E-state index in [1.165, 1.54) is 17.7 Å². The molecule has 120 valence electrons. The van der Waals surface area contributed by atoms with Crippen molar-refractivity contribution in [1.29, 1.82) is 0 Å². The Morgan fingerprint density at radius 3 is 2.73 bits per heavy atom. The van der Waals surface area contributed by atoms with Crippen LogP contribution in [0.5, 0.6) is 0 Å². The maximum atomic E-state index is 12.7. The third-order valence-corrected chi connectivity index (χ3v) is 6.59. The maximum absolute atomic E-state index is 12.7. The third kappa shape index (κ3) is 2.82. The highest BCUT2D eigenvalue weighted by Gasteiger charge is 2.58. The summed E-state index contributed by atoms with van der Waals surface area (Å²) in [7, 11) is 0. The number of hydrogen-bond acceptors (Lipinski definition) is 4. The lowest BCUT2D eigenvalue weighted by Gasteiger charge is -2.35. The summed E-state index contributed by atoms with van der Waals surface area (Å²) in [5.74, 6) is 0.774. The molecule has 0 bridgehead atoms. The lowest BCUT2D eigenvalue weighted by Crippen LogP contribution is -2.49. The molecule has 3 aliphatic rings. The molecule has 3 heterocycles. The number of piperidine rings is 1. The molecule has 1 aromatic heterocycles. The zero-order chi connectivity index (χ0) is 15.0. The van der Waals surface area contributed by atoms with Gasteiger partial charge in [-0.15, -0.1) is 11.3 Å². The molecule has 1 aliphatic carbocycles. The molecule has 0 aromatic carbocycles. The van der Waals surface area contributed by atoms with Gasteiger partial charge in [-0.3, -0.25) is 9.69 Å². The van der Waals surface area contributed by atoms with Crippen LogP contribution in [0.2, 0.25) is 0 Å². The summed E-state index contributed by atoms with van der Waals surface area (Å²) < 4.78 is 0. The Balaban J connectivity index is 1.28. The zero-order valence-corrected chi connectivity index (χ0v) is 13.9. The van der Waals surface area contributed by atoms with Crippen molar-refractivity contribution in [3.8, 4) is 0 Å². The second-order valence-electron chi connectivity index (χ2n) is 7.05. The van der Waals surface area contributed by atoms with Crippen molar-refractivity contribution in [2.45, 2.75) is 25.8 Å². The number of carbonyl (C=O) groups excluding carboxylic acids is 1. The molecule has 1 spiro atoms. The topological polar surface area (TPSA) is 35.6 Å². The third-order valence-electron chi connectivity index (χ3n) is 5.73. The number of nitrogens with one attached hydrogen (secondary N) is 1. The van der Waals surface area contributed by atoms with Crippen LogP contribution in [0.3, 0.4) is 0 Å². The molecule has 1 N–H and O–H groups in total. The largest absolute Gasteiger partial charge is 0.340 e. The van der Waals surface area contributed by atoms with E-state index in [1.54, 1.807) is 0 Å². The first-order valence-electron chi connectivity index (χ1n) is 8.51. The molecule has 3 fully saturated rings. The van der Waals surface area contributed by atoms with Gasteiger partial charge >= 0.3 is 0 Å². The molecule has 22 heavy (non-hydrogen) atoms. The monoisotopic (exact) mass is 319 g/mol. The molecule has 5 heteroatoms. The van der Waals surface area contributed by atoms with Gasteiger partial charge in [-0.25, -0.2) is 0 Å². The molecule has 1 atom stereocenters. The van der Waals surface area contributed by atoms with E-state index >= 15 is 0 Å². The molecule has 1 unspecified atom stereocenters. The SMILES string of the molecule is O=C(C1CC12CCNCC2)N1CCN(Cc2cccs2)CC1. The van der Waals surface area contributed by atoms with Gasteiger partial charge in [0.25, 0.3) is 0 Å². The van der Waals surface area contributed by atoms with Crippen LogP contribution in [-0.2, 0) is 11.3 Å². The Bertz CT molecular complexity index is 516. The predicted molar refractivity (Wildman–Crippen MR) is 88.8 cm³/mol. The van der Waals surface area contributed by atoms with Crippen molar-refractivity contribution in [2.75, 3.05) is 39.3 Å². The second-order valence-corrected chi connectivity index (χ2v) is 8.08. The van der Waals surface area contributed by atoms with E-state index in [4.69, 9.17) is 0 Å². The van der Waals surface area contributed by atoms with Gasteiger partial charge < -0.3 is 10.2 Å². The van der Waals surface area contributed by atoms with Gasteiger partial charge in [-0.1, -0.05) is 6.07 Å². The predicted octanol–water partition coefficient (Wildman–Crippen LogP) is 1.78. The Kier molecular flexibility index (Phi) is 3.96. The number of thiophene rings is 1. The van der Waals surface area contributed by atoms with E-state index in [2.05, 4.69) is 32.6 Å². The van der Waals surface area contributed by atoms with Crippen LogP contribution in [0, 0.1) is 11.3 Å². The highest BCUT2D eigenvalue weighted by atomic mass is 32.1. The molecule has 2 aliphatic heterocycles. The Labute approximate surface area is 136 Å². The van der Waals surface area contributed by atoms with Crippen LogP contribution >= 0.6 is 11.3 Å². The highest BCUT2D eigenvalue weighted by molar-refractivity contribution is 7.09. The minimum Gasteiger partial charge on any atom is -0.340 e. The highest BCUT2D eigenvalue weighted by Crippen LogP contribution is 2.59. The molecule has 1 aromatic rings. The molecular weight excluding hydrogens is 294 g/mol. The van der Waals surface area contributed by atoms with Gasteiger partial charge in [-0.2, -0.15) is 0 Å². The second kappa shape index (κ2) is 5.95. The van der Waals surface area contributed by atoms with Gasteiger partial charge in [0.2, 0.25) is 5.91 Å². The first-order chi connectivity index (χ1) is 10.8. The van der Waals surface area contributed by atoms with E-state index in [1.807, 2.05) is 11.3 Å². The Hall–Kier alpha value is -0.910. The van der Waals surface area contributed by atoms with Gasteiger partial charge in [0.15, 0.2) is 0 Å². The lowest BCUT2D eigenvalue weighted by atomic mass is 9.91. The molecule has 1 amide bonds. The zero-order valence-electron chi connectivity index (χ0n) is 13.1. The smallest absolute Gasteiger partial charge is 0.226 e. The van der Waals surface area contributed by atoms with Crippen molar-refractivity contribution in [1.82, 2.24) is 15.1 Å². The van der Waals surface area contributed by atoms with E-state index in [0.29, 0.717) is 17.2 Å². The first-order valence-corrected chi connectivity index (χ1v) is 9.39. The molecule has 4 nitrogen and oxygen atoms in total. The van der Waals surface area contributed by atoms with Gasteiger partial charge in [0, 0.05) is 43.5 Å². The molecular formula is C17H25N3OS. The fourth-order valence-electron chi connectivity index (χ4n) is 4.14. The fraction of sp³-hybridized carbons (Fsp3) is 0.706. The number of piperazine rings is 1. The standard InChI is InChI=1S/C17H25N3OS/c21-16(15-12-17(15)3-5-18-6-4-17)20-9-7-19(8-10-20)13-14-2-1-11-22-14/h1-2,11,15,18H,3-10,12-13H2. The van der Waals surface area contributed by atoms with Crippen molar-refractivity contribution < 1.29 is 4.79 Å². The molecule has 0 radical (unpaired) electrons. The normalized spacial score (nSPS) is 28.0. The van der Waals surface area contributed by atoms with Crippen molar-refractivity contribution in [2.24, 2.45) is 11.3 Å². The van der Waals surface area contributed by atoms with Crippen molar-refractivity contribution >= 4 is 17.2 Å². The number of carbonyl (C=O) groups is 1. The average molecular weight is 319 g/mol. The summed E-state index contributed by atoms with van der Waals surface area (Å²) >= 11 is 1.83. The summed E-state index contributed by atoms with van der Waals surface area (Å²) in [6.45, 7) is 7.09. The van der Waals surface area contributed by atoms with Crippen LogP contribution in [-0.4, -0.2) is 55.0 Å². The first kappa shape index (κ1) is 14.7. The molecule has 1 saturated carbocycles. The fourth-order valence-corrected chi connectivity index (χ4v) is 4.89. The minimum absolute atomic E-state index is 0.332. The summed E-state index contributed by atoms with van der Waals surface area (Å²) in [4.78, 5) is 18.8. The van der Waals surface area contributed by atoms with E-state index in [-0.39, 0.29) is 0 Å². The van der Waals surface area contributed by atoms with E-state index < -0.39 is 0 Å². The molecule has 2 saturated heterocycles. The number of hydrogen-bond donors (Lipinski definition) is 1.